The standard InChI is InChI=1S/C13H18BrFN2/c1-10-7-12(14)11(8-13(10)15)9-17-5-3-16(2)4-6-17/h7-8H,3-6,9H2,1-2H3. The van der Waals surface area contributed by atoms with Crippen molar-refractivity contribution in [3.05, 3.63) is 33.5 Å². The number of halogens is 2. The summed E-state index contributed by atoms with van der Waals surface area (Å²) in [6.45, 7) is 6.90. The fourth-order valence-corrected chi connectivity index (χ4v) is 2.64. The van der Waals surface area contributed by atoms with E-state index in [4.69, 9.17) is 0 Å². The van der Waals surface area contributed by atoms with E-state index in [0.717, 1.165) is 42.8 Å². The van der Waals surface area contributed by atoms with Gasteiger partial charge in [-0.1, -0.05) is 15.9 Å². The Morgan fingerprint density at radius 3 is 2.53 bits per heavy atom. The van der Waals surface area contributed by atoms with Crippen LogP contribution in [0.2, 0.25) is 0 Å². The third-order valence-electron chi connectivity index (χ3n) is 3.32. The van der Waals surface area contributed by atoms with Gasteiger partial charge in [0.05, 0.1) is 0 Å². The van der Waals surface area contributed by atoms with Crippen LogP contribution in [0.15, 0.2) is 16.6 Å². The molecule has 0 saturated carbocycles. The molecule has 1 aromatic rings. The quantitative estimate of drug-likeness (QED) is 0.828. The van der Waals surface area contributed by atoms with Gasteiger partial charge < -0.3 is 4.90 Å². The van der Waals surface area contributed by atoms with Gasteiger partial charge in [-0.2, -0.15) is 0 Å². The molecular formula is C13H18BrFN2. The van der Waals surface area contributed by atoms with E-state index in [2.05, 4.69) is 32.8 Å². The van der Waals surface area contributed by atoms with Gasteiger partial charge in [0.1, 0.15) is 5.82 Å². The molecule has 17 heavy (non-hydrogen) atoms. The van der Waals surface area contributed by atoms with Gasteiger partial charge in [0.25, 0.3) is 0 Å². The van der Waals surface area contributed by atoms with Crippen LogP contribution in [0, 0.1) is 12.7 Å². The number of aryl methyl sites for hydroxylation is 1. The van der Waals surface area contributed by atoms with Gasteiger partial charge in [0, 0.05) is 37.2 Å². The van der Waals surface area contributed by atoms with Gasteiger partial charge in [-0.3, -0.25) is 4.90 Å². The molecule has 1 aliphatic rings. The van der Waals surface area contributed by atoms with Crippen molar-refractivity contribution in [2.75, 3.05) is 33.2 Å². The number of likely N-dealkylation sites (N-methyl/N-ethyl adjacent to an activating group) is 1. The van der Waals surface area contributed by atoms with Crippen molar-refractivity contribution in [2.24, 2.45) is 0 Å². The van der Waals surface area contributed by atoms with E-state index in [0.29, 0.717) is 5.56 Å². The molecule has 1 aliphatic heterocycles. The molecule has 0 aliphatic carbocycles. The zero-order valence-electron chi connectivity index (χ0n) is 10.3. The summed E-state index contributed by atoms with van der Waals surface area (Å²) in [7, 11) is 2.14. The summed E-state index contributed by atoms with van der Waals surface area (Å²) in [5.41, 5.74) is 1.73. The highest BCUT2D eigenvalue weighted by atomic mass is 79.9. The predicted octanol–water partition coefficient (Wildman–Crippen LogP) is 2.64. The highest BCUT2D eigenvalue weighted by Crippen LogP contribution is 2.22. The fraction of sp³-hybridized carbons (Fsp3) is 0.538. The number of piperazine rings is 1. The second-order valence-electron chi connectivity index (χ2n) is 4.77. The molecule has 0 spiro atoms. The van der Waals surface area contributed by atoms with Gasteiger partial charge in [0.15, 0.2) is 0 Å². The predicted molar refractivity (Wildman–Crippen MR) is 71.6 cm³/mol. The first-order valence-electron chi connectivity index (χ1n) is 5.91. The van der Waals surface area contributed by atoms with Crippen molar-refractivity contribution in [1.29, 1.82) is 0 Å². The van der Waals surface area contributed by atoms with Gasteiger partial charge in [-0.15, -0.1) is 0 Å². The van der Waals surface area contributed by atoms with Gasteiger partial charge in [-0.25, -0.2) is 4.39 Å². The number of benzene rings is 1. The summed E-state index contributed by atoms with van der Waals surface area (Å²) >= 11 is 3.52. The zero-order chi connectivity index (χ0) is 12.4. The van der Waals surface area contributed by atoms with Crippen LogP contribution in [0.1, 0.15) is 11.1 Å². The van der Waals surface area contributed by atoms with Crippen molar-refractivity contribution in [1.82, 2.24) is 9.80 Å². The Kier molecular flexibility index (Phi) is 4.17. The molecule has 0 amide bonds. The minimum Gasteiger partial charge on any atom is -0.304 e. The maximum Gasteiger partial charge on any atom is 0.126 e. The molecule has 2 nitrogen and oxygen atoms in total. The molecular weight excluding hydrogens is 283 g/mol. The van der Waals surface area contributed by atoms with Crippen LogP contribution in [0.5, 0.6) is 0 Å². The molecule has 1 fully saturated rings. The van der Waals surface area contributed by atoms with Crippen LogP contribution in [-0.2, 0) is 6.54 Å². The second kappa shape index (κ2) is 5.46. The lowest BCUT2D eigenvalue weighted by Crippen LogP contribution is -2.43. The van der Waals surface area contributed by atoms with Crippen LogP contribution < -0.4 is 0 Å². The third kappa shape index (κ3) is 3.27. The van der Waals surface area contributed by atoms with Crippen LogP contribution in [0.25, 0.3) is 0 Å². The maximum atomic E-state index is 13.5. The monoisotopic (exact) mass is 300 g/mol. The maximum absolute atomic E-state index is 13.5. The minimum atomic E-state index is -0.114. The fourth-order valence-electron chi connectivity index (χ4n) is 2.06. The highest BCUT2D eigenvalue weighted by molar-refractivity contribution is 9.10. The van der Waals surface area contributed by atoms with E-state index >= 15 is 0 Å². The Morgan fingerprint density at radius 2 is 1.88 bits per heavy atom. The zero-order valence-corrected chi connectivity index (χ0v) is 11.9. The topological polar surface area (TPSA) is 6.48 Å². The molecule has 4 heteroatoms. The molecule has 0 unspecified atom stereocenters. The highest BCUT2D eigenvalue weighted by Gasteiger charge is 2.15. The van der Waals surface area contributed by atoms with Gasteiger partial charge >= 0.3 is 0 Å². The Hall–Kier alpha value is -0.450. The van der Waals surface area contributed by atoms with Crippen molar-refractivity contribution < 1.29 is 4.39 Å². The van der Waals surface area contributed by atoms with E-state index in [1.807, 2.05) is 6.07 Å². The average molecular weight is 301 g/mol. The van der Waals surface area contributed by atoms with Crippen LogP contribution in [0.4, 0.5) is 4.39 Å². The Labute approximate surface area is 111 Å². The van der Waals surface area contributed by atoms with E-state index in [-0.39, 0.29) is 5.82 Å². The normalized spacial score (nSPS) is 18.6. The van der Waals surface area contributed by atoms with Crippen molar-refractivity contribution in [3.63, 3.8) is 0 Å². The number of nitrogens with zero attached hydrogens (tertiary/aromatic N) is 2. The average Bonchev–Trinajstić information content (AvgIpc) is 2.29. The molecule has 2 rings (SSSR count). The van der Waals surface area contributed by atoms with Crippen LogP contribution >= 0.6 is 15.9 Å². The molecule has 0 bridgehead atoms. The smallest absolute Gasteiger partial charge is 0.126 e. The number of hydrogen-bond acceptors (Lipinski definition) is 2. The summed E-state index contributed by atoms with van der Waals surface area (Å²) in [6.07, 6.45) is 0. The SMILES string of the molecule is Cc1cc(Br)c(CN2CCN(C)CC2)cc1F. The first kappa shape index (κ1) is 13.0. The van der Waals surface area contributed by atoms with Crippen molar-refractivity contribution in [2.45, 2.75) is 13.5 Å². The van der Waals surface area contributed by atoms with Crippen molar-refractivity contribution >= 4 is 15.9 Å². The molecule has 94 valence electrons. The van der Waals surface area contributed by atoms with Gasteiger partial charge in [-0.05, 0) is 37.2 Å². The Bertz CT molecular complexity index is 401. The molecule has 0 N–H and O–H groups in total. The Morgan fingerprint density at radius 1 is 1.24 bits per heavy atom. The number of hydrogen-bond donors (Lipinski definition) is 0. The molecule has 1 heterocycles. The summed E-state index contributed by atoms with van der Waals surface area (Å²) < 4.78 is 14.5. The molecule has 0 aromatic heterocycles. The Balaban J connectivity index is 2.06. The summed E-state index contributed by atoms with van der Waals surface area (Å²) in [6, 6.07) is 3.51. The molecule has 1 aromatic carbocycles. The largest absolute Gasteiger partial charge is 0.304 e. The van der Waals surface area contributed by atoms with Crippen LogP contribution in [0.3, 0.4) is 0 Å². The number of rotatable bonds is 2. The summed E-state index contributed by atoms with van der Waals surface area (Å²) in [5, 5.41) is 0. The first-order valence-corrected chi connectivity index (χ1v) is 6.71. The molecule has 1 saturated heterocycles. The van der Waals surface area contributed by atoms with Crippen molar-refractivity contribution in [3.8, 4) is 0 Å². The third-order valence-corrected chi connectivity index (χ3v) is 4.06. The second-order valence-corrected chi connectivity index (χ2v) is 5.63. The minimum absolute atomic E-state index is 0.114. The van der Waals surface area contributed by atoms with Crippen LogP contribution in [-0.4, -0.2) is 43.0 Å². The summed E-state index contributed by atoms with van der Waals surface area (Å²) in [5.74, 6) is -0.114. The molecule has 0 atom stereocenters. The first-order chi connectivity index (χ1) is 8.06. The molecule has 0 radical (unpaired) electrons. The lowest BCUT2D eigenvalue weighted by Gasteiger charge is -2.32. The van der Waals surface area contributed by atoms with E-state index in [9.17, 15) is 4.39 Å². The lowest BCUT2D eigenvalue weighted by molar-refractivity contribution is 0.148. The lowest BCUT2D eigenvalue weighted by atomic mass is 10.1. The van der Waals surface area contributed by atoms with E-state index in [1.54, 1.807) is 13.0 Å². The summed E-state index contributed by atoms with van der Waals surface area (Å²) in [4.78, 5) is 4.69. The van der Waals surface area contributed by atoms with E-state index < -0.39 is 0 Å². The van der Waals surface area contributed by atoms with E-state index in [1.165, 1.54) is 0 Å². The van der Waals surface area contributed by atoms with Gasteiger partial charge in [0.2, 0.25) is 0 Å².